The minimum Gasteiger partial charge on any atom is -0.345 e. The van der Waals surface area contributed by atoms with E-state index in [1.165, 1.54) is 38.5 Å². The first-order valence-electron chi connectivity index (χ1n) is 6.12. The Morgan fingerprint density at radius 2 is 1.67 bits per heavy atom. The summed E-state index contributed by atoms with van der Waals surface area (Å²) in [5, 5.41) is 7.84. The van der Waals surface area contributed by atoms with Gasteiger partial charge in [0.15, 0.2) is 0 Å². The molecule has 0 unspecified atom stereocenters. The van der Waals surface area contributed by atoms with Crippen molar-refractivity contribution in [3.63, 3.8) is 0 Å². The van der Waals surface area contributed by atoms with Crippen LogP contribution in [0, 0.1) is 17.8 Å². The average Bonchev–Trinajstić information content (AvgIpc) is 2.67. The lowest BCUT2D eigenvalue weighted by molar-refractivity contribution is -0.00733. The molecule has 0 aliphatic heterocycles. The number of rotatable bonds is 1. The second-order valence-corrected chi connectivity index (χ2v) is 5.99. The van der Waals surface area contributed by atoms with E-state index in [-0.39, 0.29) is 0 Å². The monoisotopic (exact) mass is 204 g/mol. The Hall–Kier alpha value is -0.860. The molecule has 5 rings (SSSR count). The molecule has 0 amide bonds. The van der Waals surface area contributed by atoms with Crippen LogP contribution in [0.2, 0.25) is 0 Å². The average molecular weight is 204 g/mol. The second-order valence-electron chi connectivity index (χ2n) is 5.99. The van der Waals surface area contributed by atoms with E-state index in [9.17, 15) is 0 Å². The van der Waals surface area contributed by atoms with Gasteiger partial charge in [0.05, 0.1) is 0 Å². The Bertz CT molecular complexity index is 336. The molecule has 80 valence electrons. The van der Waals surface area contributed by atoms with Crippen LogP contribution >= 0.6 is 0 Å². The highest BCUT2D eigenvalue weighted by molar-refractivity contribution is 5.18. The van der Waals surface area contributed by atoms with Crippen LogP contribution in [0.25, 0.3) is 0 Å². The van der Waals surface area contributed by atoms with E-state index in [1.807, 2.05) is 0 Å². The Balaban J connectivity index is 1.77. The quantitative estimate of drug-likeness (QED) is 0.705. The van der Waals surface area contributed by atoms with Crippen LogP contribution in [-0.4, -0.2) is 10.4 Å². The molecule has 0 N–H and O–H groups in total. The molecule has 3 heteroatoms. The van der Waals surface area contributed by atoms with Crippen LogP contribution in [0.3, 0.4) is 0 Å². The number of hydrogen-bond donors (Lipinski definition) is 0. The molecule has 4 bridgehead atoms. The maximum atomic E-state index is 4.94. The minimum absolute atomic E-state index is 0.356. The maximum Gasteiger partial charge on any atom is 0.148 e. The molecule has 15 heavy (non-hydrogen) atoms. The number of aromatic nitrogens is 2. The second kappa shape index (κ2) is 2.63. The maximum absolute atomic E-state index is 4.94. The minimum atomic E-state index is 0.356. The summed E-state index contributed by atoms with van der Waals surface area (Å²) in [7, 11) is 0. The van der Waals surface area contributed by atoms with Gasteiger partial charge in [0.1, 0.15) is 12.0 Å². The Morgan fingerprint density at radius 3 is 2.13 bits per heavy atom. The molecule has 1 heterocycles. The summed E-state index contributed by atoms with van der Waals surface area (Å²) < 4.78 is 4.94. The van der Waals surface area contributed by atoms with E-state index in [0.29, 0.717) is 5.41 Å². The Labute approximate surface area is 89.2 Å². The predicted molar refractivity (Wildman–Crippen MR) is 54.1 cm³/mol. The fourth-order valence-corrected chi connectivity index (χ4v) is 4.82. The SMILES string of the molecule is c1onnc1C12CC3CC(CC(C3)C1)C2. The largest absolute Gasteiger partial charge is 0.345 e. The van der Waals surface area contributed by atoms with Gasteiger partial charge < -0.3 is 4.52 Å². The molecule has 4 saturated carbocycles. The van der Waals surface area contributed by atoms with Crippen LogP contribution in [-0.2, 0) is 5.41 Å². The first kappa shape index (κ1) is 8.31. The van der Waals surface area contributed by atoms with Crippen LogP contribution in [0.15, 0.2) is 10.8 Å². The van der Waals surface area contributed by atoms with Crippen molar-refractivity contribution >= 4 is 0 Å². The van der Waals surface area contributed by atoms with Gasteiger partial charge >= 0.3 is 0 Å². The topological polar surface area (TPSA) is 38.9 Å². The molecule has 4 aliphatic carbocycles. The van der Waals surface area contributed by atoms with E-state index >= 15 is 0 Å². The summed E-state index contributed by atoms with van der Waals surface area (Å²) in [5.74, 6) is 2.90. The zero-order chi connectivity index (χ0) is 9.88. The summed E-state index contributed by atoms with van der Waals surface area (Å²) in [6, 6.07) is 0. The predicted octanol–water partition coefficient (Wildman–Crippen LogP) is 2.54. The van der Waals surface area contributed by atoms with Crippen molar-refractivity contribution in [2.75, 3.05) is 0 Å². The van der Waals surface area contributed by atoms with E-state index in [4.69, 9.17) is 4.52 Å². The molecular formula is C12H16N2O. The fourth-order valence-electron chi connectivity index (χ4n) is 4.82. The van der Waals surface area contributed by atoms with Crippen molar-refractivity contribution < 1.29 is 4.52 Å². The molecule has 1 aromatic heterocycles. The Kier molecular flexibility index (Phi) is 1.46. The summed E-state index contributed by atoms with van der Waals surface area (Å²) in [5.41, 5.74) is 1.50. The number of hydrogen-bond acceptors (Lipinski definition) is 3. The molecular weight excluding hydrogens is 188 g/mol. The zero-order valence-corrected chi connectivity index (χ0v) is 8.85. The van der Waals surface area contributed by atoms with Crippen molar-refractivity contribution in [1.82, 2.24) is 10.4 Å². The third kappa shape index (κ3) is 1.06. The summed E-state index contributed by atoms with van der Waals surface area (Å²) in [4.78, 5) is 0. The lowest BCUT2D eigenvalue weighted by Crippen LogP contribution is -2.48. The third-order valence-corrected chi connectivity index (χ3v) is 4.94. The van der Waals surface area contributed by atoms with Crippen LogP contribution in [0.5, 0.6) is 0 Å². The lowest BCUT2D eigenvalue weighted by Gasteiger charge is -2.55. The van der Waals surface area contributed by atoms with Gasteiger partial charge in [0.25, 0.3) is 0 Å². The molecule has 0 radical (unpaired) electrons. The van der Waals surface area contributed by atoms with Crippen molar-refractivity contribution in [3.8, 4) is 0 Å². The zero-order valence-electron chi connectivity index (χ0n) is 8.85. The highest BCUT2D eigenvalue weighted by Gasteiger charge is 2.52. The van der Waals surface area contributed by atoms with Gasteiger partial charge in [-0.2, -0.15) is 0 Å². The molecule has 4 aliphatic rings. The van der Waals surface area contributed by atoms with Crippen LogP contribution in [0.1, 0.15) is 44.2 Å². The highest BCUT2D eigenvalue weighted by atomic mass is 16.5. The van der Waals surface area contributed by atoms with Gasteiger partial charge in [-0.1, -0.05) is 0 Å². The highest BCUT2D eigenvalue weighted by Crippen LogP contribution is 2.60. The lowest BCUT2D eigenvalue weighted by atomic mass is 9.49. The van der Waals surface area contributed by atoms with Crippen molar-refractivity contribution in [2.24, 2.45) is 17.8 Å². The van der Waals surface area contributed by atoms with Crippen LogP contribution < -0.4 is 0 Å². The van der Waals surface area contributed by atoms with Gasteiger partial charge in [-0.05, 0) is 56.3 Å². The Morgan fingerprint density at radius 1 is 1.07 bits per heavy atom. The first-order chi connectivity index (χ1) is 7.34. The van der Waals surface area contributed by atoms with E-state index < -0.39 is 0 Å². The smallest absolute Gasteiger partial charge is 0.148 e. The standard InChI is InChI=1S/C12H16N2O/c1-8-2-10-3-9(1)5-12(4-8,6-10)11-7-15-14-13-11/h7-10H,1-6H2. The summed E-state index contributed by atoms with van der Waals surface area (Å²) in [6.45, 7) is 0. The molecule has 1 aromatic rings. The van der Waals surface area contributed by atoms with Gasteiger partial charge in [-0.3, -0.25) is 0 Å². The van der Waals surface area contributed by atoms with Crippen molar-refractivity contribution in [3.05, 3.63) is 12.0 Å². The molecule has 0 atom stereocenters. The number of nitrogens with zero attached hydrogens (tertiary/aromatic N) is 2. The van der Waals surface area contributed by atoms with E-state index in [0.717, 1.165) is 23.4 Å². The van der Waals surface area contributed by atoms with Crippen LogP contribution in [0.4, 0.5) is 0 Å². The van der Waals surface area contributed by atoms with E-state index in [2.05, 4.69) is 10.4 Å². The molecule has 0 spiro atoms. The summed E-state index contributed by atoms with van der Waals surface area (Å²) in [6.07, 6.45) is 10.2. The van der Waals surface area contributed by atoms with Crippen molar-refractivity contribution in [2.45, 2.75) is 43.9 Å². The molecule has 4 fully saturated rings. The molecule has 0 saturated heterocycles. The third-order valence-electron chi connectivity index (χ3n) is 4.94. The molecule has 0 aromatic carbocycles. The van der Waals surface area contributed by atoms with Gasteiger partial charge in [0, 0.05) is 10.7 Å². The first-order valence-corrected chi connectivity index (χ1v) is 6.12. The summed E-state index contributed by atoms with van der Waals surface area (Å²) >= 11 is 0. The van der Waals surface area contributed by atoms with E-state index in [1.54, 1.807) is 6.26 Å². The fraction of sp³-hybridized carbons (Fsp3) is 0.833. The van der Waals surface area contributed by atoms with Gasteiger partial charge in [-0.15, -0.1) is 5.10 Å². The van der Waals surface area contributed by atoms with Gasteiger partial charge in [0.2, 0.25) is 0 Å². The van der Waals surface area contributed by atoms with Crippen molar-refractivity contribution in [1.29, 1.82) is 0 Å². The normalized spacial score (nSPS) is 47.3. The molecule has 3 nitrogen and oxygen atoms in total. The van der Waals surface area contributed by atoms with Gasteiger partial charge in [-0.25, -0.2) is 0 Å².